The minimum absolute atomic E-state index is 0.00409. The van der Waals surface area contributed by atoms with Crippen molar-refractivity contribution in [1.82, 2.24) is 9.80 Å². The monoisotopic (exact) mass is 354 g/mol. The number of methoxy groups -OCH3 is 1. The first-order valence-corrected chi connectivity index (χ1v) is 7.64. The first-order chi connectivity index (χ1) is 10.0. The lowest BCUT2D eigenvalue weighted by Gasteiger charge is -2.34. The molecule has 0 bridgehead atoms. The molecule has 21 heavy (non-hydrogen) atoms. The number of ether oxygens (including phenoxy) is 1. The fourth-order valence-electron chi connectivity index (χ4n) is 2.35. The van der Waals surface area contributed by atoms with Crippen LogP contribution in [0.2, 0.25) is 0 Å². The Labute approximate surface area is 133 Å². The summed E-state index contributed by atoms with van der Waals surface area (Å²) < 4.78 is 5.65. The van der Waals surface area contributed by atoms with Crippen molar-refractivity contribution in [3.8, 4) is 0 Å². The molecule has 1 fully saturated rings. The molecule has 0 unspecified atom stereocenters. The lowest BCUT2D eigenvalue weighted by Crippen LogP contribution is -2.51. The molecule has 1 saturated heterocycles. The third-order valence-electron chi connectivity index (χ3n) is 3.54. The number of amides is 2. The summed E-state index contributed by atoms with van der Waals surface area (Å²) in [7, 11) is 1.51. The number of benzene rings is 1. The van der Waals surface area contributed by atoms with Crippen LogP contribution in [0.3, 0.4) is 0 Å². The number of carbonyl (C=O) groups is 2. The molecule has 0 radical (unpaired) electrons. The Kier molecular flexibility index (Phi) is 5.36. The van der Waals surface area contributed by atoms with E-state index in [1.807, 2.05) is 25.1 Å². The van der Waals surface area contributed by atoms with Crippen LogP contribution in [-0.2, 0) is 9.53 Å². The van der Waals surface area contributed by atoms with Gasteiger partial charge in [-0.2, -0.15) is 0 Å². The lowest BCUT2D eigenvalue weighted by molar-refractivity contribution is -0.136. The van der Waals surface area contributed by atoms with Gasteiger partial charge in [0.25, 0.3) is 5.91 Å². The van der Waals surface area contributed by atoms with Gasteiger partial charge in [-0.15, -0.1) is 0 Å². The molecule has 1 heterocycles. The molecule has 0 aliphatic carbocycles. The molecule has 1 aromatic rings. The minimum Gasteiger partial charge on any atom is -0.375 e. The maximum Gasteiger partial charge on any atom is 0.255 e. The summed E-state index contributed by atoms with van der Waals surface area (Å²) in [5.74, 6) is -0.0225. The summed E-state index contributed by atoms with van der Waals surface area (Å²) in [5.41, 5.74) is 1.72. The summed E-state index contributed by atoms with van der Waals surface area (Å²) in [6.45, 7) is 4.26. The molecular weight excluding hydrogens is 336 g/mol. The third kappa shape index (κ3) is 3.83. The van der Waals surface area contributed by atoms with E-state index in [1.54, 1.807) is 9.80 Å². The molecule has 1 aliphatic heterocycles. The smallest absolute Gasteiger partial charge is 0.255 e. The fraction of sp³-hybridized carbons (Fsp3) is 0.467. The van der Waals surface area contributed by atoms with Crippen molar-refractivity contribution in [3.05, 3.63) is 33.8 Å². The predicted molar refractivity (Wildman–Crippen MR) is 83.2 cm³/mol. The third-order valence-corrected chi connectivity index (χ3v) is 4.23. The highest BCUT2D eigenvalue weighted by Gasteiger charge is 2.25. The van der Waals surface area contributed by atoms with Gasteiger partial charge >= 0.3 is 0 Å². The van der Waals surface area contributed by atoms with Crippen LogP contribution in [0.4, 0.5) is 0 Å². The Morgan fingerprint density at radius 2 is 1.81 bits per heavy atom. The average molecular weight is 355 g/mol. The van der Waals surface area contributed by atoms with E-state index in [0.717, 1.165) is 10.0 Å². The molecule has 2 rings (SSSR count). The Morgan fingerprint density at radius 1 is 1.19 bits per heavy atom. The molecule has 0 aromatic heterocycles. The quantitative estimate of drug-likeness (QED) is 0.829. The van der Waals surface area contributed by atoms with Crippen LogP contribution in [0.25, 0.3) is 0 Å². The van der Waals surface area contributed by atoms with Gasteiger partial charge in [0.15, 0.2) is 0 Å². The van der Waals surface area contributed by atoms with Crippen LogP contribution in [0, 0.1) is 6.92 Å². The molecule has 2 amide bonds. The zero-order valence-corrected chi connectivity index (χ0v) is 13.9. The standard InChI is InChI=1S/C15H19BrN2O3/c1-11-3-4-13(16)12(9-11)15(20)18-7-5-17(6-8-18)14(19)10-21-2/h3-4,9H,5-8,10H2,1-2H3. The van der Waals surface area contributed by atoms with Crippen LogP contribution in [0.1, 0.15) is 15.9 Å². The molecule has 114 valence electrons. The van der Waals surface area contributed by atoms with E-state index in [9.17, 15) is 9.59 Å². The molecule has 0 spiro atoms. The Balaban J connectivity index is 2.00. The molecule has 5 nitrogen and oxygen atoms in total. The second-order valence-corrected chi connectivity index (χ2v) is 5.94. The Bertz CT molecular complexity index is 540. The SMILES string of the molecule is COCC(=O)N1CCN(C(=O)c2cc(C)ccc2Br)CC1. The van der Waals surface area contributed by atoms with Gasteiger partial charge in [0.1, 0.15) is 6.61 Å². The van der Waals surface area contributed by atoms with Gasteiger partial charge in [-0.25, -0.2) is 0 Å². The van der Waals surface area contributed by atoms with E-state index >= 15 is 0 Å². The van der Waals surface area contributed by atoms with Crippen LogP contribution < -0.4 is 0 Å². The average Bonchev–Trinajstić information content (AvgIpc) is 2.49. The van der Waals surface area contributed by atoms with Crippen molar-refractivity contribution in [2.75, 3.05) is 39.9 Å². The van der Waals surface area contributed by atoms with Gasteiger partial charge in [0.2, 0.25) is 5.91 Å². The minimum atomic E-state index is -0.0265. The van der Waals surface area contributed by atoms with Crippen LogP contribution in [-0.4, -0.2) is 61.5 Å². The number of carbonyl (C=O) groups excluding carboxylic acids is 2. The van der Waals surface area contributed by atoms with Crippen LogP contribution in [0.15, 0.2) is 22.7 Å². The highest BCUT2D eigenvalue weighted by molar-refractivity contribution is 9.10. The number of hydrogen-bond acceptors (Lipinski definition) is 3. The van der Waals surface area contributed by atoms with Gasteiger partial charge in [-0.05, 0) is 35.0 Å². The van der Waals surface area contributed by atoms with Crippen molar-refractivity contribution >= 4 is 27.7 Å². The Morgan fingerprint density at radius 3 is 2.43 bits per heavy atom. The van der Waals surface area contributed by atoms with Crippen molar-refractivity contribution in [2.45, 2.75) is 6.92 Å². The number of hydrogen-bond donors (Lipinski definition) is 0. The summed E-state index contributed by atoms with van der Waals surface area (Å²) in [6, 6.07) is 5.73. The van der Waals surface area contributed by atoms with Gasteiger partial charge in [0, 0.05) is 37.8 Å². The highest BCUT2D eigenvalue weighted by Crippen LogP contribution is 2.20. The first kappa shape index (κ1) is 16.0. The molecule has 0 atom stereocenters. The van der Waals surface area contributed by atoms with Gasteiger partial charge in [0.05, 0.1) is 5.56 Å². The number of piperazine rings is 1. The van der Waals surface area contributed by atoms with Crippen molar-refractivity contribution < 1.29 is 14.3 Å². The largest absolute Gasteiger partial charge is 0.375 e. The van der Waals surface area contributed by atoms with Crippen molar-refractivity contribution in [2.24, 2.45) is 0 Å². The maximum absolute atomic E-state index is 12.5. The van der Waals surface area contributed by atoms with Gasteiger partial charge in [-0.3, -0.25) is 9.59 Å². The highest BCUT2D eigenvalue weighted by atomic mass is 79.9. The van der Waals surface area contributed by atoms with Crippen LogP contribution >= 0.6 is 15.9 Å². The fourth-order valence-corrected chi connectivity index (χ4v) is 2.76. The van der Waals surface area contributed by atoms with E-state index < -0.39 is 0 Å². The number of nitrogens with zero attached hydrogens (tertiary/aromatic N) is 2. The number of halogens is 1. The van der Waals surface area contributed by atoms with E-state index in [2.05, 4.69) is 15.9 Å². The van der Waals surface area contributed by atoms with E-state index in [4.69, 9.17) is 4.74 Å². The van der Waals surface area contributed by atoms with Crippen molar-refractivity contribution in [3.63, 3.8) is 0 Å². The van der Waals surface area contributed by atoms with E-state index in [1.165, 1.54) is 7.11 Å². The van der Waals surface area contributed by atoms with Crippen molar-refractivity contribution in [1.29, 1.82) is 0 Å². The molecule has 0 saturated carbocycles. The molecular formula is C15H19BrN2O3. The number of rotatable bonds is 3. The Hall–Kier alpha value is -1.40. The second kappa shape index (κ2) is 7.04. The lowest BCUT2D eigenvalue weighted by atomic mass is 10.1. The topological polar surface area (TPSA) is 49.9 Å². The van der Waals surface area contributed by atoms with Gasteiger partial charge < -0.3 is 14.5 Å². The van der Waals surface area contributed by atoms with E-state index in [-0.39, 0.29) is 18.4 Å². The summed E-state index contributed by atoms with van der Waals surface area (Å²) in [6.07, 6.45) is 0. The second-order valence-electron chi connectivity index (χ2n) is 5.09. The molecule has 1 aromatic carbocycles. The first-order valence-electron chi connectivity index (χ1n) is 6.85. The number of aryl methyl sites for hydroxylation is 1. The zero-order chi connectivity index (χ0) is 15.4. The predicted octanol–water partition coefficient (Wildman–Crippen LogP) is 1.69. The summed E-state index contributed by atoms with van der Waals surface area (Å²) in [5, 5.41) is 0. The molecule has 6 heteroatoms. The maximum atomic E-state index is 12.5. The van der Waals surface area contributed by atoms with Gasteiger partial charge in [-0.1, -0.05) is 11.6 Å². The summed E-state index contributed by atoms with van der Waals surface area (Å²) in [4.78, 5) is 27.8. The normalized spacial score (nSPS) is 15.2. The zero-order valence-electron chi connectivity index (χ0n) is 12.3. The molecule has 0 N–H and O–H groups in total. The molecule has 1 aliphatic rings. The summed E-state index contributed by atoms with van der Waals surface area (Å²) >= 11 is 3.42. The van der Waals surface area contributed by atoms with E-state index in [0.29, 0.717) is 31.7 Å². The van der Waals surface area contributed by atoms with Crippen LogP contribution in [0.5, 0.6) is 0 Å².